The molecule has 1 aromatic heterocycles. The zero-order valence-corrected chi connectivity index (χ0v) is 10.6. The maximum absolute atomic E-state index is 5.51. The normalized spacial score (nSPS) is 22.4. The second-order valence-electron chi connectivity index (χ2n) is 4.24. The van der Waals surface area contributed by atoms with Crippen LogP contribution in [0.3, 0.4) is 0 Å². The lowest BCUT2D eigenvalue weighted by Crippen LogP contribution is -2.43. The molecule has 2 heterocycles. The Morgan fingerprint density at radius 3 is 3.31 bits per heavy atom. The Morgan fingerprint density at radius 1 is 1.62 bits per heavy atom. The van der Waals surface area contributed by atoms with Gasteiger partial charge in [-0.05, 0) is 18.4 Å². The van der Waals surface area contributed by atoms with Crippen LogP contribution in [0.4, 0.5) is 0 Å². The van der Waals surface area contributed by atoms with E-state index < -0.39 is 0 Å². The molecule has 0 radical (unpaired) electrons. The number of ether oxygens (including phenoxy) is 1. The second kappa shape index (κ2) is 6.35. The number of hydrogen-bond donors (Lipinski definition) is 1. The fourth-order valence-corrected chi connectivity index (χ4v) is 2.63. The standard InChI is InChI=1S/C12H20N2OS/c1-11-10-14(6-7-15-11)5-4-13-9-12-3-2-8-16-12/h2-3,8,11,13H,4-7,9-10H2,1H3. The molecule has 0 bridgehead atoms. The lowest BCUT2D eigenvalue weighted by Gasteiger charge is -2.31. The van der Waals surface area contributed by atoms with E-state index in [-0.39, 0.29) is 0 Å². The van der Waals surface area contributed by atoms with E-state index in [1.165, 1.54) is 4.88 Å². The predicted molar refractivity (Wildman–Crippen MR) is 67.9 cm³/mol. The average Bonchev–Trinajstić information content (AvgIpc) is 2.77. The van der Waals surface area contributed by atoms with Crippen LogP contribution < -0.4 is 5.32 Å². The van der Waals surface area contributed by atoms with Crippen molar-refractivity contribution in [3.63, 3.8) is 0 Å². The molecule has 90 valence electrons. The quantitative estimate of drug-likeness (QED) is 0.791. The minimum atomic E-state index is 0.394. The number of hydrogen-bond acceptors (Lipinski definition) is 4. The summed E-state index contributed by atoms with van der Waals surface area (Å²) in [6.07, 6.45) is 0.394. The maximum Gasteiger partial charge on any atom is 0.0674 e. The van der Waals surface area contributed by atoms with E-state index in [1.54, 1.807) is 0 Å². The molecule has 3 nitrogen and oxygen atoms in total. The van der Waals surface area contributed by atoms with E-state index in [4.69, 9.17) is 4.74 Å². The van der Waals surface area contributed by atoms with Gasteiger partial charge in [0.05, 0.1) is 12.7 Å². The van der Waals surface area contributed by atoms with Crippen LogP contribution in [0.25, 0.3) is 0 Å². The molecule has 1 unspecified atom stereocenters. The van der Waals surface area contributed by atoms with Gasteiger partial charge in [-0.2, -0.15) is 0 Å². The summed E-state index contributed by atoms with van der Waals surface area (Å²) in [6, 6.07) is 4.28. The molecule has 1 fully saturated rings. The number of morpholine rings is 1. The van der Waals surface area contributed by atoms with Crippen LogP contribution >= 0.6 is 11.3 Å². The first-order valence-corrected chi connectivity index (χ1v) is 6.79. The highest BCUT2D eigenvalue weighted by molar-refractivity contribution is 7.09. The number of thiophene rings is 1. The van der Waals surface area contributed by atoms with E-state index >= 15 is 0 Å². The summed E-state index contributed by atoms with van der Waals surface area (Å²) in [5.41, 5.74) is 0. The molecule has 16 heavy (non-hydrogen) atoms. The third-order valence-electron chi connectivity index (χ3n) is 2.81. The lowest BCUT2D eigenvalue weighted by atomic mass is 10.3. The van der Waals surface area contributed by atoms with Gasteiger partial charge in [-0.1, -0.05) is 6.07 Å². The fraction of sp³-hybridized carbons (Fsp3) is 0.667. The van der Waals surface area contributed by atoms with Gasteiger partial charge in [0.2, 0.25) is 0 Å². The highest BCUT2D eigenvalue weighted by Crippen LogP contribution is 2.07. The Balaban J connectivity index is 1.57. The van der Waals surface area contributed by atoms with Gasteiger partial charge in [-0.3, -0.25) is 4.90 Å². The maximum atomic E-state index is 5.51. The third kappa shape index (κ3) is 3.87. The molecule has 2 rings (SSSR count). The van der Waals surface area contributed by atoms with Crippen molar-refractivity contribution in [1.29, 1.82) is 0 Å². The molecule has 1 N–H and O–H groups in total. The topological polar surface area (TPSA) is 24.5 Å². The third-order valence-corrected chi connectivity index (χ3v) is 3.69. The van der Waals surface area contributed by atoms with E-state index in [9.17, 15) is 0 Å². The van der Waals surface area contributed by atoms with Crippen molar-refractivity contribution in [2.45, 2.75) is 19.6 Å². The Bertz CT molecular complexity index is 289. The molecule has 4 heteroatoms. The summed E-state index contributed by atoms with van der Waals surface area (Å²) in [4.78, 5) is 3.88. The Labute approximate surface area is 101 Å². The molecule has 0 aliphatic carbocycles. The van der Waals surface area contributed by atoms with E-state index in [1.807, 2.05) is 11.3 Å². The van der Waals surface area contributed by atoms with Crippen LogP contribution in [0, 0.1) is 0 Å². The Morgan fingerprint density at radius 2 is 2.56 bits per heavy atom. The summed E-state index contributed by atoms with van der Waals surface area (Å²) in [7, 11) is 0. The second-order valence-corrected chi connectivity index (χ2v) is 5.27. The first kappa shape index (κ1) is 12.0. The van der Waals surface area contributed by atoms with E-state index in [0.29, 0.717) is 6.10 Å². The van der Waals surface area contributed by atoms with Crippen LogP contribution in [-0.4, -0.2) is 43.8 Å². The van der Waals surface area contributed by atoms with Gasteiger partial charge in [-0.15, -0.1) is 11.3 Å². The van der Waals surface area contributed by atoms with Crippen LogP contribution in [0.1, 0.15) is 11.8 Å². The molecular weight excluding hydrogens is 220 g/mol. The minimum Gasteiger partial charge on any atom is -0.376 e. The molecule has 0 spiro atoms. The van der Waals surface area contributed by atoms with E-state index in [2.05, 4.69) is 34.7 Å². The van der Waals surface area contributed by atoms with Gasteiger partial charge in [0.15, 0.2) is 0 Å². The van der Waals surface area contributed by atoms with Crippen LogP contribution in [0.15, 0.2) is 17.5 Å². The molecule has 0 saturated carbocycles. The zero-order valence-electron chi connectivity index (χ0n) is 9.82. The zero-order chi connectivity index (χ0) is 11.2. The smallest absolute Gasteiger partial charge is 0.0674 e. The molecule has 1 atom stereocenters. The number of nitrogens with one attached hydrogen (secondary N) is 1. The molecule has 1 aliphatic rings. The van der Waals surface area contributed by atoms with Crippen LogP contribution in [-0.2, 0) is 11.3 Å². The molecule has 0 aromatic carbocycles. The van der Waals surface area contributed by atoms with Crippen LogP contribution in [0.5, 0.6) is 0 Å². The lowest BCUT2D eigenvalue weighted by molar-refractivity contribution is -0.0176. The van der Waals surface area contributed by atoms with Gasteiger partial charge in [-0.25, -0.2) is 0 Å². The molecule has 1 aliphatic heterocycles. The van der Waals surface area contributed by atoms with Crippen molar-refractivity contribution in [3.8, 4) is 0 Å². The Hall–Kier alpha value is -0.420. The van der Waals surface area contributed by atoms with Crippen molar-refractivity contribution < 1.29 is 4.74 Å². The highest BCUT2D eigenvalue weighted by atomic mass is 32.1. The van der Waals surface area contributed by atoms with Gasteiger partial charge in [0, 0.05) is 37.6 Å². The number of rotatable bonds is 5. The van der Waals surface area contributed by atoms with Crippen molar-refractivity contribution >= 4 is 11.3 Å². The van der Waals surface area contributed by atoms with Crippen LogP contribution in [0.2, 0.25) is 0 Å². The first-order valence-electron chi connectivity index (χ1n) is 5.91. The van der Waals surface area contributed by atoms with Gasteiger partial charge in [0.25, 0.3) is 0 Å². The average molecular weight is 240 g/mol. The van der Waals surface area contributed by atoms with Gasteiger partial charge >= 0.3 is 0 Å². The van der Waals surface area contributed by atoms with Crippen molar-refractivity contribution in [1.82, 2.24) is 10.2 Å². The first-order chi connectivity index (χ1) is 7.84. The molecular formula is C12H20N2OS. The monoisotopic (exact) mass is 240 g/mol. The fourth-order valence-electron chi connectivity index (χ4n) is 1.96. The molecule has 1 saturated heterocycles. The molecule has 1 aromatic rings. The highest BCUT2D eigenvalue weighted by Gasteiger charge is 2.15. The molecule has 0 amide bonds. The largest absolute Gasteiger partial charge is 0.376 e. The van der Waals surface area contributed by atoms with Gasteiger partial charge < -0.3 is 10.1 Å². The SMILES string of the molecule is CC1CN(CCNCc2cccs2)CCO1. The number of nitrogens with zero attached hydrogens (tertiary/aromatic N) is 1. The van der Waals surface area contributed by atoms with Crippen molar-refractivity contribution in [3.05, 3.63) is 22.4 Å². The summed E-state index contributed by atoms with van der Waals surface area (Å²) in [6.45, 7) is 8.35. The minimum absolute atomic E-state index is 0.394. The Kier molecular flexibility index (Phi) is 4.78. The summed E-state index contributed by atoms with van der Waals surface area (Å²) in [5, 5.41) is 5.60. The predicted octanol–water partition coefficient (Wildman–Crippen LogP) is 1.56. The summed E-state index contributed by atoms with van der Waals surface area (Å²) >= 11 is 1.81. The van der Waals surface area contributed by atoms with E-state index in [0.717, 1.165) is 39.3 Å². The van der Waals surface area contributed by atoms with Crippen molar-refractivity contribution in [2.75, 3.05) is 32.8 Å². The van der Waals surface area contributed by atoms with Crippen molar-refractivity contribution in [2.24, 2.45) is 0 Å². The summed E-state index contributed by atoms with van der Waals surface area (Å²) in [5.74, 6) is 0. The summed E-state index contributed by atoms with van der Waals surface area (Å²) < 4.78 is 5.51. The van der Waals surface area contributed by atoms with Gasteiger partial charge in [0.1, 0.15) is 0 Å².